The predicted octanol–water partition coefficient (Wildman–Crippen LogP) is 0.198. The molecule has 10 heteroatoms. The van der Waals surface area contributed by atoms with E-state index >= 15 is 0 Å². The van der Waals surface area contributed by atoms with Crippen molar-refractivity contribution in [1.82, 2.24) is 4.98 Å². The molecule has 0 saturated carbocycles. The van der Waals surface area contributed by atoms with Crippen LogP contribution >= 0.6 is 0 Å². The Morgan fingerprint density at radius 1 is 1.15 bits per heavy atom. The summed E-state index contributed by atoms with van der Waals surface area (Å²) in [6, 6.07) is 12.2. The van der Waals surface area contributed by atoms with Crippen LogP contribution in [0.3, 0.4) is 0 Å². The number of aromatic carboxylic acids is 1. The van der Waals surface area contributed by atoms with Crippen molar-refractivity contribution >= 4 is 21.7 Å². The molecule has 7 nitrogen and oxygen atoms in total. The molecule has 1 atom stereocenters. The van der Waals surface area contributed by atoms with Crippen molar-refractivity contribution in [2.24, 2.45) is 0 Å². The van der Waals surface area contributed by atoms with Gasteiger partial charge in [0.15, 0.2) is 0 Å². The monoisotopic (exact) mass is 494 g/mol. The minimum atomic E-state index is -4.12. The minimum Gasteiger partial charge on any atom is -0.545 e. The number of nitrogens with zero attached hydrogens (tertiary/aromatic N) is 2. The third-order valence-electron chi connectivity index (χ3n) is 5.07. The summed E-state index contributed by atoms with van der Waals surface area (Å²) >= 11 is 0. The molecule has 0 aliphatic rings. The maximum atomic E-state index is 14.1. The van der Waals surface area contributed by atoms with Crippen molar-refractivity contribution in [3.8, 4) is 5.75 Å². The number of hydrogen-bond donors (Lipinski definition) is 0. The zero-order chi connectivity index (χ0) is 24.2. The molecular formula is C24H24FN2NaO5S. The third kappa shape index (κ3) is 6.56. The molecule has 0 aliphatic heterocycles. The standard InChI is InChI=1S/C24H25FN2O5S.Na/c1-16-11-22(27(14-18(3)25)33(30,31)21-5-4-10-26-13-21)23(12-17(16)2)32-15-19-6-8-20(9-7-19)24(28)29;/h4-13,18H,14-15H2,1-3H3,(H,28,29);/q;+1/p-1/t18-;/m0./s1. The van der Waals surface area contributed by atoms with Gasteiger partial charge in [-0.2, -0.15) is 0 Å². The van der Waals surface area contributed by atoms with Crippen LogP contribution in [0.15, 0.2) is 65.8 Å². The number of aryl methyl sites for hydroxylation is 2. The Morgan fingerprint density at radius 3 is 2.35 bits per heavy atom. The topological polar surface area (TPSA) is 99.6 Å². The first kappa shape index (κ1) is 27.8. The first-order valence-electron chi connectivity index (χ1n) is 10.2. The number of halogens is 1. The Labute approximate surface area is 220 Å². The molecule has 1 aromatic heterocycles. The number of aromatic nitrogens is 1. The second kappa shape index (κ2) is 11.8. The third-order valence-corrected chi connectivity index (χ3v) is 6.83. The summed E-state index contributed by atoms with van der Waals surface area (Å²) in [4.78, 5) is 14.8. The normalized spacial score (nSPS) is 11.9. The van der Waals surface area contributed by atoms with Gasteiger partial charge in [0.1, 0.15) is 23.4 Å². The van der Waals surface area contributed by atoms with Crippen molar-refractivity contribution in [1.29, 1.82) is 0 Å². The van der Waals surface area contributed by atoms with Gasteiger partial charge in [-0.05, 0) is 67.3 Å². The predicted molar refractivity (Wildman–Crippen MR) is 120 cm³/mol. The van der Waals surface area contributed by atoms with E-state index in [1.54, 1.807) is 24.3 Å². The number of alkyl halides is 1. The number of pyridine rings is 1. The average molecular weight is 495 g/mol. The first-order valence-corrected chi connectivity index (χ1v) is 11.6. The number of hydrogen-bond acceptors (Lipinski definition) is 6. The van der Waals surface area contributed by atoms with E-state index in [9.17, 15) is 22.7 Å². The van der Waals surface area contributed by atoms with E-state index < -0.39 is 28.7 Å². The molecule has 0 fully saturated rings. The second-order valence-electron chi connectivity index (χ2n) is 7.68. The Kier molecular flexibility index (Phi) is 9.64. The van der Waals surface area contributed by atoms with E-state index in [0.29, 0.717) is 5.56 Å². The number of anilines is 1. The van der Waals surface area contributed by atoms with Crippen molar-refractivity contribution in [3.05, 3.63) is 83.2 Å². The van der Waals surface area contributed by atoms with E-state index in [0.717, 1.165) is 15.4 Å². The molecule has 3 aromatic rings. The van der Waals surface area contributed by atoms with Gasteiger partial charge < -0.3 is 14.6 Å². The summed E-state index contributed by atoms with van der Waals surface area (Å²) in [6.45, 7) is 4.62. The van der Waals surface area contributed by atoms with Crippen LogP contribution in [-0.2, 0) is 16.6 Å². The summed E-state index contributed by atoms with van der Waals surface area (Å²) in [6.07, 6.45) is 1.23. The molecule has 174 valence electrons. The van der Waals surface area contributed by atoms with Crippen molar-refractivity contribution in [2.45, 2.75) is 38.4 Å². The van der Waals surface area contributed by atoms with Crippen molar-refractivity contribution < 1.29 is 57.0 Å². The van der Waals surface area contributed by atoms with Gasteiger partial charge in [0.2, 0.25) is 0 Å². The van der Waals surface area contributed by atoms with E-state index in [-0.39, 0.29) is 58.1 Å². The van der Waals surface area contributed by atoms with E-state index in [1.807, 2.05) is 13.8 Å². The van der Waals surface area contributed by atoms with Crippen molar-refractivity contribution in [3.63, 3.8) is 0 Å². The second-order valence-corrected chi connectivity index (χ2v) is 9.55. The molecule has 0 saturated heterocycles. The zero-order valence-corrected chi connectivity index (χ0v) is 22.3. The summed E-state index contributed by atoms with van der Waals surface area (Å²) in [5, 5.41) is 10.9. The molecule has 2 aromatic carbocycles. The summed E-state index contributed by atoms with van der Waals surface area (Å²) in [7, 11) is -4.12. The Hall–Kier alpha value is -2.46. The fraction of sp³-hybridized carbons (Fsp3) is 0.250. The molecular weight excluding hydrogens is 470 g/mol. The van der Waals surface area contributed by atoms with Gasteiger partial charge in [0, 0.05) is 12.4 Å². The maximum Gasteiger partial charge on any atom is 1.00 e. The van der Waals surface area contributed by atoms with Gasteiger partial charge in [-0.25, -0.2) is 12.8 Å². The summed E-state index contributed by atoms with van der Waals surface area (Å²) < 4.78 is 47.9. The SMILES string of the molecule is Cc1cc(OCc2ccc(C(=O)[O-])cc2)c(N(C[C@H](C)F)S(=O)(=O)c2cccnc2)cc1C.[Na+]. The summed E-state index contributed by atoms with van der Waals surface area (Å²) in [5.41, 5.74) is 2.60. The largest absolute Gasteiger partial charge is 1.00 e. The van der Waals surface area contributed by atoms with Gasteiger partial charge in [0.05, 0.1) is 18.2 Å². The number of carbonyl (C=O) groups is 1. The fourth-order valence-electron chi connectivity index (χ4n) is 3.16. The molecule has 0 aliphatic carbocycles. The Balaban J connectivity index is 0.00000408. The number of carbonyl (C=O) groups excluding carboxylic acids is 1. The van der Waals surface area contributed by atoms with Crippen molar-refractivity contribution in [2.75, 3.05) is 10.8 Å². The minimum absolute atomic E-state index is 0. The smallest absolute Gasteiger partial charge is 0.545 e. The fourth-order valence-corrected chi connectivity index (χ4v) is 4.67. The summed E-state index contributed by atoms with van der Waals surface area (Å²) in [5.74, 6) is -1.02. The number of carboxylic acids is 1. The van der Waals surface area contributed by atoms with Crippen LogP contribution in [0.4, 0.5) is 10.1 Å². The zero-order valence-electron chi connectivity index (χ0n) is 19.5. The molecule has 34 heavy (non-hydrogen) atoms. The Morgan fingerprint density at radius 2 is 1.79 bits per heavy atom. The van der Waals surface area contributed by atoms with E-state index in [2.05, 4.69) is 4.98 Å². The van der Waals surface area contributed by atoms with E-state index in [4.69, 9.17) is 4.74 Å². The average Bonchev–Trinajstić information content (AvgIpc) is 2.78. The maximum absolute atomic E-state index is 14.1. The Bertz CT molecular complexity index is 1240. The van der Waals surface area contributed by atoms with Crippen LogP contribution in [0.5, 0.6) is 5.75 Å². The van der Waals surface area contributed by atoms with Gasteiger partial charge in [-0.1, -0.05) is 24.3 Å². The molecule has 0 spiro atoms. The van der Waals surface area contributed by atoms with Crippen LogP contribution < -0.4 is 43.7 Å². The molecule has 0 unspecified atom stereocenters. The van der Waals surface area contributed by atoms with Crippen LogP contribution in [0.2, 0.25) is 0 Å². The number of sulfonamides is 1. The van der Waals surface area contributed by atoms with Gasteiger partial charge in [-0.15, -0.1) is 0 Å². The molecule has 0 amide bonds. The van der Waals surface area contributed by atoms with E-state index in [1.165, 1.54) is 43.6 Å². The molecule has 0 radical (unpaired) electrons. The molecule has 3 rings (SSSR count). The van der Waals surface area contributed by atoms with Crippen LogP contribution in [0, 0.1) is 13.8 Å². The molecule has 0 bridgehead atoms. The van der Waals surface area contributed by atoms with Crippen LogP contribution in [0.25, 0.3) is 0 Å². The van der Waals surface area contributed by atoms with Gasteiger partial charge >= 0.3 is 29.6 Å². The van der Waals surface area contributed by atoms with Gasteiger partial charge in [0.25, 0.3) is 10.0 Å². The van der Waals surface area contributed by atoms with Gasteiger partial charge in [-0.3, -0.25) is 9.29 Å². The van der Waals surface area contributed by atoms with Crippen LogP contribution in [-0.4, -0.2) is 32.1 Å². The number of ether oxygens (including phenoxy) is 1. The number of benzene rings is 2. The quantitative estimate of drug-likeness (QED) is 0.394. The first-order chi connectivity index (χ1) is 15.6. The van der Waals surface area contributed by atoms with Crippen LogP contribution in [0.1, 0.15) is 34.0 Å². The number of carboxylic acid groups (broad SMARTS) is 1. The molecule has 0 N–H and O–H groups in total. The molecule has 1 heterocycles. The number of rotatable bonds is 9.